The molecule has 0 N–H and O–H groups in total. The molecule has 1 amide bonds. The summed E-state index contributed by atoms with van der Waals surface area (Å²) >= 11 is 0. The van der Waals surface area contributed by atoms with E-state index in [0.29, 0.717) is 34.8 Å². The number of hydrogen-bond donors (Lipinski definition) is 0. The fourth-order valence-electron chi connectivity index (χ4n) is 4.32. The molecule has 3 aromatic carbocycles. The highest BCUT2D eigenvalue weighted by molar-refractivity contribution is 5.94. The SMILES string of the molecule is Cc1ccc(C(=O)N(CCC(C)C)C(C)c2nc3ccccc3c(=O)n2-c2cccc(C)c2)cc1. The van der Waals surface area contributed by atoms with Crippen LogP contribution in [0.3, 0.4) is 0 Å². The average molecular weight is 468 g/mol. The quantitative estimate of drug-likeness (QED) is 0.323. The van der Waals surface area contributed by atoms with Gasteiger partial charge in [-0.3, -0.25) is 14.2 Å². The molecule has 0 aliphatic carbocycles. The van der Waals surface area contributed by atoms with Gasteiger partial charge in [0.1, 0.15) is 5.82 Å². The van der Waals surface area contributed by atoms with E-state index in [1.54, 1.807) is 10.6 Å². The molecule has 0 saturated heterocycles. The van der Waals surface area contributed by atoms with Crippen LogP contribution >= 0.6 is 0 Å². The van der Waals surface area contributed by atoms with Crippen LogP contribution in [0.4, 0.5) is 0 Å². The van der Waals surface area contributed by atoms with Crippen molar-refractivity contribution in [3.63, 3.8) is 0 Å². The molecule has 0 radical (unpaired) electrons. The highest BCUT2D eigenvalue weighted by Gasteiger charge is 2.27. The lowest BCUT2D eigenvalue weighted by molar-refractivity contribution is 0.0671. The van der Waals surface area contributed by atoms with Gasteiger partial charge in [-0.05, 0) is 75.1 Å². The molecule has 1 atom stereocenters. The first-order valence-electron chi connectivity index (χ1n) is 12.2. The number of rotatable bonds is 7. The van der Waals surface area contributed by atoms with Gasteiger partial charge in [0, 0.05) is 12.1 Å². The molecule has 5 heteroatoms. The van der Waals surface area contributed by atoms with Gasteiger partial charge in [0.25, 0.3) is 11.5 Å². The first-order chi connectivity index (χ1) is 16.8. The smallest absolute Gasteiger partial charge is 0.266 e. The van der Waals surface area contributed by atoms with Gasteiger partial charge < -0.3 is 4.90 Å². The van der Waals surface area contributed by atoms with E-state index in [9.17, 15) is 9.59 Å². The second-order valence-electron chi connectivity index (χ2n) is 9.69. The van der Waals surface area contributed by atoms with Gasteiger partial charge in [-0.2, -0.15) is 0 Å². The number of nitrogens with zero attached hydrogens (tertiary/aromatic N) is 3. The van der Waals surface area contributed by atoms with Crippen molar-refractivity contribution in [1.29, 1.82) is 0 Å². The summed E-state index contributed by atoms with van der Waals surface area (Å²) in [6, 6.07) is 22.5. The zero-order chi connectivity index (χ0) is 25.1. The Morgan fingerprint density at radius 3 is 2.31 bits per heavy atom. The first-order valence-corrected chi connectivity index (χ1v) is 12.2. The zero-order valence-corrected chi connectivity index (χ0v) is 21.2. The van der Waals surface area contributed by atoms with Crippen molar-refractivity contribution in [3.8, 4) is 5.69 Å². The molecule has 0 aliphatic heterocycles. The molecule has 1 unspecified atom stereocenters. The van der Waals surface area contributed by atoms with E-state index in [-0.39, 0.29) is 11.5 Å². The van der Waals surface area contributed by atoms with Crippen molar-refractivity contribution < 1.29 is 4.79 Å². The van der Waals surface area contributed by atoms with Gasteiger partial charge in [-0.1, -0.05) is 55.8 Å². The van der Waals surface area contributed by atoms with Crippen LogP contribution in [-0.2, 0) is 0 Å². The van der Waals surface area contributed by atoms with Gasteiger partial charge >= 0.3 is 0 Å². The molecule has 4 aromatic rings. The second kappa shape index (κ2) is 10.3. The van der Waals surface area contributed by atoms with Crippen LogP contribution in [0.15, 0.2) is 77.6 Å². The maximum Gasteiger partial charge on any atom is 0.266 e. The lowest BCUT2D eigenvalue weighted by Gasteiger charge is -2.31. The molecular weight excluding hydrogens is 434 g/mol. The lowest BCUT2D eigenvalue weighted by Crippen LogP contribution is -2.38. The highest BCUT2D eigenvalue weighted by Crippen LogP contribution is 2.26. The van der Waals surface area contributed by atoms with Crippen LogP contribution in [0.2, 0.25) is 0 Å². The molecule has 0 bridgehead atoms. The van der Waals surface area contributed by atoms with Crippen molar-refractivity contribution in [2.45, 2.75) is 47.1 Å². The Morgan fingerprint density at radius 2 is 1.63 bits per heavy atom. The summed E-state index contributed by atoms with van der Waals surface area (Å²) < 4.78 is 1.67. The number of aromatic nitrogens is 2. The monoisotopic (exact) mass is 467 g/mol. The van der Waals surface area contributed by atoms with E-state index in [1.807, 2.05) is 92.4 Å². The summed E-state index contributed by atoms with van der Waals surface area (Å²) in [5.41, 5.74) is 4.05. The number of para-hydroxylation sites is 1. The van der Waals surface area contributed by atoms with Crippen LogP contribution < -0.4 is 5.56 Å². The fraction of sp³-hybridized carbons (Fsp3) is 0.300. The topological polar surface area (TPSA) is 55.2 Å². The van der Waals surface area contributed by atoms with Crippen LogP contribution in [0.5, 0.6) is 0 Å². The minimum Gasteiger partial charge on any atom is -0.329 e. The van der Waals surface area contributed by atoms with Crippen LogP contribution in [0.1, 0.15) is 60.5 Å². The fourth-order valence-corrected chi connectivity index (χ4v) is 4.32. The maximum atomic E-state index is 13.8. The van der Waals surface area contributed by atoms with E-state index >= 15 is 0 Å². The molecule has 35 heavy (non-hydrogen) atoms. The van der Waals surface area contributed by atoms with Crippen molar-refractivity contribution in [3.05, 3.63) is 106 Å². The van der Waals surface area contributed by atoms with Gasteiger partial charge in [-0.15, -0.1) is 0 Å². The Bertz CT molecular complexity index is 1400. The van der Waals surface area contributed by atoms with E-state index < -0.39 is 6.04 Å². The number of hydrogen-bond acceptors (Lipinski definition) is 3. The zero-order valence-electron chi connectivity index (χ0n) is 21.2. The Morgan fingerprint density at radius 1 is 0.914 bits per heavy atom. The minimum absolute atomic E-state index is 0.0589. The third-order valence-corrected chi connectivity index (χ3v) is 6.41. The molecule has 180 valence electrons. The third-order valence-electron chi connectivity index (χ3n) is 6.41. The Hall–Kier alpha value is -3.73. The Balaban J connectivity index is 1.90. The summed E-state index contributed by atoms with van der Waals surface area (Å²) in [6.45, 7) is 10.8. The number of fused-ring (bicyclic) bond motifs is 1. The van der Waals surface area contributed by atoms with Crippen molar-refractivity contribution in [2.75, 3.05) is 6.54 Å². The van der Waals surface area contributed by atoms with E-state index in [0.717, 1.165) is 23.2 Å². The minimum atomic E-state index is -0.416. The summed E-state index contributed by atoms with van der Waals surface area (Å²) in [7, 11) is 0. The molecular formula is C30H33N3O2. The molecule has 4 rings (SSSR count). The number of aryl methyl sites for hydroxylation is 2. The lowest BCUT2D eigenvalue weighted by atomic mass is 10.1. The summed E-state index contributed by atoms with van der Waals surface area (Å²) in [4.78, 5) is 34.3. The van der Waals surface area contributed by atoms with Gasteiger partial charge in [0.05, 0.1) is 22.6 Å². The van der Waals surface area contributed by atoms with Gasteiger partial charge in [0.15, 0.2) is 0 Å². The normalized spacial score (nSPS) is 12.2. The van der Waals surface area contributed by atoms with Crippen molar-refractivity contribution >= 4 is 16.8 Å². The molecule has 0 fully saturated rings. The van der Waals surface area contributed by atoms with E-state index in [4.69, 9.17) is 4.98 Å². The third kappa shape index (κ3) is 5.19. The summed E-state index contributed by atoms with van der Waals surface area (Å²) in [5, 5.41) is 0.559. The molecule has 1 aromatic heterocycles. The van der Waals surface area contributed by atoms with Gasteiger partial charge in [0.2, 0.25) is 0 Å². The average Bonchev–Trinajstić information content (AvgIpc) is 2.84. The number of carbonyl (C=O) groups excluding carboxylic acids is 1. The molecule has 0 saturated carbocycles. The Labute approximate surface area is 207 Å². The predicted octanol–water partition coefficient (Wildman–Crippen LogP) is 6.25. The summed E-state index contributed by atoms with van der Waals surface area (Å²) in [5.74, 6) is 0.930. The van der Waals surface area contributed by atoms with Crippen LogP contribution in [0.25, 0.3) is 16.6 Å². The predicted molar refractivity (Wildman–Crippen MR) is 142 cm³/mol. The second-order valence-corrected chi connectivity index (χ2v) is 9.69. The maximum absolute atomic E-state index is 13.8. The molecule has 0 spiro atoms. The van der Waals surface area contributed by atoms with Gasteiger partial charge in [-0.25, -0.2) is 4.98 Å². The van der Waals surface area contributed by atoms with Crippen LogP contribution in [-0.4, -0.2) is 26.9 Å². The number of amides is 1. The number of benzene rings is 3. The van der Waals surface area contributed by atoms with Crippen LogP contribution in [0, 0.1) is 19.8 Å². The Kier molecular flexibility index (Phi) is 7.15. The van der Waals surface area contributed by atoms with E-state index in [1.165, 1.54) is 0 Å². The highest BCUT2D eigenvalue weighted by atomic mass is 16.2. The first kappa shape index (κ1) is 24.4. The molecule has 1 heterocycles. The van der Waals surface area contributed by atoms with Crippen molar-refractivity contribution in [1.82, 2.24) is 14.5 Å². The standard InChI is InChI=1S/C30H33N3O2/c1-20(2)17-18-32(29(34)24-15-13-21(3)14-16-24)23(5)28-31-27-12-7-6-11-26(27)30(35)33(28)25-10-8-9-22(4)19-25/h6-16,19-20,23H,17-18H2,1-5H3. The number of carbonyl (C=O) groups is 1. The largest absolute Gasteiger partial charge is 0.329 e. The van der Waals surface area contributed by atoms with Crippen molar-refractivity contribution in [2.24, 2.45) is 5.92 Å². The van der Waals surface area contributed by atoms with E-state index in [2.05, 4.69) is 13.8 Å². The molecule has 0 aliphatic rings. The summed E-state index contributed by atoms with van der Waals surface area (Å²) in [6.07, 6.45) is 0.851. The molecule has 5 nitrogen and oxygen atoms in total.